The Labute approximate surface area is 128 Å². The second-order valence-corrected chi connectivity index (χ2v) is 5.50. The number of carbonyl (C=O) groups excluding carboxylic acids is 1. The first kappa shape index (κ1) is 14.7. The van der Waals surface area contributed by atoms with Crippen LogP contribution >= 0.6 is 0 Å². The summed E-state index contributed by atoms with van der Waals surface area (Å²) in [5.74, 6) is -0.276. The van der Waals surface area contributed by atoms with Gasteiger partial charge in [0.15, 0.2) is 11.4 Å². The van der Waals surface area contributed by atoms with Crippen LogP contribution in [-0.2, 0) is 10.5 Å². The maximum atomic E-state index is 12.2. The molecule has 2 heterocycles. The summed E-state index contributed by atoms with van der Waals surface area (Å²) in [7, 11) is 0. The zero-order valence-electron chi connectivity index (χ0n) is 12.1. The molecule has 2 N–H and O–H groups in total. The Bertz CT molecular complexity index is 608. The number of amides is 1. The second kappa shape index (κ2) is 6.29. The molecule has 3 rings (SSSR count). The first-order valence-corrected chi connectivity index (χ1v) is 7.26. The summed E-state index contributed by atoms with van der Waals surface area (Å²) >= 11 is 0. The number of nitrogens with one attached hydrogen (secondary N) is 1. The topological polar surface area (TPSA) is 84.6 Å². The standard InChI is InChI=1S/C16H18N2O4/c19-15(14-7-9-22-18-14)17-16(20,10-12-6-8-21-11-12)13-4-2-1-3-5-13/h1-5,7,9,12,20H,6,8,10-11H2,(H,17,19). The van der Waals surface area contributed by atoms with Crippen molar-refractivity contribution < 1.29 is 19.2 Å². The summed E-state index contributed by atoms with van der Waals surface area (Å²) in [5.41, 5.74) is -0.689. The Morgan fingerprint density at radius 2 is 2.18 bits per heavy atom. The first-order valence-electron chi connectivity index (χ1n) is 7.26. The minimum absolute atomic E-state index is 0.136. The molecule has 1 aliphatic rings. The molecular weight excluding hydrogens is 284 g/mol. The minimum Gasteiger partial charge on any atom is -0.381 e. The van der Waals surface area contributed by atoms with E-state index in [-0.39, 0.29) is 11.6 Å². The van der Waals surface area contributed by atoms with Crippen molar-refractivity contribution in [3.05, 3.63) is 53.9 Å². The molecule has 1 saturated heterocycles. The van der Waals surface area contributed by atoms with Crippen LogP contribution in [0.1, 0.15) is 28.9 Å². The van der Waals surface area contributed by atoms with Crippen molar-refractivity contribution >= 4 is 5.91 Å². The maximum Gasteiger partial charge on any atom is 0.275 e. The van der Waals surface area contributed by atoms with E-state index in [4.69, 9.17) is 4.74 Å². The van der Waals surface area contributed by atoms with E-state index in [1.807, 2.05) is 18.2 Å². The van der Waals surface area contributed by atoms with Crippen LogP contribution in [0.4, 0.5) is 0 Å². The van der Waals surface area contributed by atoms with Gasteiger partial charge in [-0.2, -0.15) is 0 Å². The molecule has 1 fully saturated rings. The maximum absolute atomic E-state index is 12.2. The summed E-state index contributed by atoms with van der Waals surface area (Å²) in [4.78, 5) is 12.2. The van der Waals surface area contributed by atoms with Crippen LogP contribution in [-0.4, -0.2) is 29.4 Å². The van der Waals surface area contributed by atoms with Gasteiger partial charge in [0.25, 0.3) is 5.91 Å². The van der Waals surface area contributed by atoms with E-state index in [0.29, 0.717) is 25.2 Å². The Morgan fingerprint density at radius 1 is 1.36 bits per heavy atom. The average Bonchev–Trinajstić information content (AvgIpc) is 3.21. The normalized spacial score (nSPS) is 20.5. The highest BCUT2D eigenvalue weighted by Crippen LogP contribution is 2.30. The third kappa shape index (κ3) is 3.18. The van der Waals surface area contributed by atoms with Gasteiger partial charge in [0.2, 0.25) is 0 Å². The molecule has 0 saturated carbocycles. The first-order chi connectivity index (χ1) is 10.7. The fourth-order valence-electron chi connectivity index (χ4n) is 2.70. The van der Waals surface area contributed by atoms with Gasteiger partial charge in [-0.1, -0.05) is 35.5 Å². The molecule has 1 aliphatic heterocycles. The van der Waals surface area contributed by atoms with Gasteiger partial charge in [-0.3, -0.25) is 4.79 Å². The van der Waals surface area contributed by atoms with Crippen LogP contribution in [0.25, 0.3) is 0 Å². The predicted molar refractivity (Wildman–Crippen MR) is 77.9 cm³/mol. The third-order valence-corrected chi connectivity index (χ3v) is 3.85. The van der Waals surface area contributed by atoms with E-state index in [9.17, 15) is 9.90 Å². The molecule has 0 radical (unpaired) electrons. The van der Waals surface area contributed by atoms with Crippen LogP contribution in [0.15, 0.2) is 47.2 Å². The van der Waals surface area contributed by atoms with Crippen molar-refractivity contribution in [1.29, 1.82) is 0 Å². The van der Waals surface area contributed by atoms with Gasteiger partial charge < -0.3 is 19.7 Å². The molecule has 1 amide bonds. The van der Waals surface area contributed by atoms with E-state index in [2.05, 4.69) is 15.0 Å². The zero-order valence-corrected chi connectivity index (χ0v) is 12.1. The Kier molecular flexibility index (Phi) is 4.22. The van der Waals surface area contributed by atoms with Crippen LogP contribution in [0.2, 0.25) is 0 Å². The van der Waals surface area contributed by atoms with Crippen molar-refractivity contribution in [1.82, 2.24) is 10.5 Å². The molecule has 1 aromatic carbocycles. The fourth-order valence-corrected chi connectivity index (χ4v) is 2.70. The number of carbonyl (C=O) groups is 1. The van der Waals surface area contributed by atoms with Gasteiger partial charge in [-0.05, 0) is 12.3 Å². The molecule has 116 valence electrons. The highest BCUT2D eigenvalue weighted by atomic mass is 16.5. The highest BCUT2D eigenvalue weighted by Gasteiger charge is 2.36. The molecule has 0 spiro atoms. The van der Waals surface area contributed by atoms with Gasteiger partial charge in [0, 0.05) is 31.3 Å². The largest absolute Gasteiger partial charge is 0.381 e. The molecule has 2 aromatic rings. The van der Waals surface area contributed by atoms with Crippen LogP contribution in [0.5, 0.6) is 0 Å². The number of hydrogen-bond donors (Lipinski definition) is 2. The smallest absolute Gasteiger partial charge is 0.275 e. The third-order valence-electron chi connectivity index (χ3n) is 3.85. The molecule has 1 aromatic heterocycles. The lowest BCUT2D eigenvalue weighted by Gasteiger charge is -2.31. The summed E-state index contributed by atoms with van der Waals surface area (Å²) < 4.78 is 10.0. The predicted octanol–water partition coefficient (Wildman–Crippen LogP) is 1.68. The molecule has 6 nitrogen and oxygen atoms in total. The van der Waals surface area contributed by atoms with E-state index in [0.717, 1.165) is 6.42 Å². The second-order valence-electron chi connectivity index (χ2n) is 5.50. The molecular formula is C16H18N2O4. The van der Waals surface area contributed by atoms with E-state index < -0.39 is 11.6 Å². The quantitative estimate of drug-likeness (QED) is 0.821. The van der Waals surface area contributed by atoms with Gasteiger partial charge in [0.1, 0.15) is 6.26 Å². The number of aliphatic hydroxyl groups is 1. The molecule has 22 heavy (non-hydrogen) atoms. The Morgan fingerprint density at radius 3 is 2.82 bits per heavy atom. The summed E-state index contributed by atoms with van der Waals surface area (Å²) in [6.45, 7) is 1.28. The van der Waals surface area contributed by atoms with Crippen molar-refractivity contribution in [2.75, 3.05) is 13.2 Å². The summed E-state index contributed by atoms with van der Waals surface area (Å²) in [5, 5.41) is 17.3. The number of nitrogens with zero attached hydrogens (tertiary/aromatic N) is 1. The average molecular weight is 302 g/mol. The number of benzene rings is 1. The van der Waals surface area contributed by atoms with Gasteiger partial charge in [-0.25, -0.2) is 0 Å². The van der Waals surface area contributed by atoms with Crippen LogP contribution < -0.4 is 5.32 Å². The molecule has 2 unspecified atom stereocenters. The number of ether oxygens (including phenoxy) is 1. The lowest BCUT2D eigenvalue weighted by atomic mass is 9.90. The molecule has 6 heteroatoms. The molecule has 2 atom stereocenters. The van der Waals surface area contributed by atoms with Gasteiger partial charge in [-0.15, -0.1) is 0 Å². The number of rotatable bonds is 5. The van der Waals surface area contributed by atoms with Gasteiger partial charge in [0.05, 0.1) is 0 Å². The van der Waals surface area contributed by atoms with Crippen molar-refractivity contribution in [2.45, 2.75) is 18.6 Å². The number of hydrogen-bond acceptors (Lipinski definition) is 5. The van der Waals surface area contributed by atoms with Gasteiger partial charge >= 0.3 is 0 Å². The molecule has 0 aliphatic carbocycles. The summed E-state index contributed by atoms with van der Waals surface area (Å²) in [6.07, 6.45) is 2.58. The lowest BCUT2D eigenvalue weighted by Crippen LogP contribution is -2.47. The zero-order chi connectivity index (χ0) is 15.4. The lowest BCUT2D eigenvalue weighted by molar-refractivity contribution is -0.0186. The van der Waals surface area contributed by atoms with Crippen molar-refractivity contribution in [3.8, 4) is 0 Å². The molecule has 0 bridgehead atoms. The number of aromatic nitrogens is 1. The Balaban J connectivity index is 1.83. The minimum atomic E-state index is -1.46. The summed E-state index contributed by atoms with van der Waals surface area (Å²) in [6, 6.07) is 10.6. The fraction of sp³-hybridized carbons (Fsp3) is 0.375. The van der Waals surface area contributed by atoms with Crippen LogP contribution in [0, 0.1) is 5.92 Å². The van der Waals surface area contributed by atoms with E-state index in [1.165, 1.54) is 12.3 Å². The van der Waals surface area contributed by atoms with Crippen molar-refractivity contribution in [2.24, 2.45) is 5.92 Å². The van der Waals surface area contributed by atoms with Crippen LogP contribution in [0.3, 0.4) is 0 Å². The monoisotopic (exact) mass is 302 g/mol. The van der Waals surface area contributed by atoms with Crippen molar-refractivity contribution in [3.63, 3.8) is 0 Å². The SMILES string of the molecule is O=C(NC(O)(CC1CCOC1)c1ccccc1)c1ccon1. The Hall–Kier alpha value is -2.18. The highest BCUT2D eigenvalue weighted by molar-refractivity contribution is 5.92. The van der Waals surface area contributed by atoms with E-state index in [1.54, 1.807) is 12.1 Å². The van der Waals surface area contributed by atoms with E-state index >= 15 is 0 Å².